The number of nitrogens with one attached hydrogen (secondary N) is 1. The fourth-order valence-electron chi connectivity index (χ4n) is 2.30. The first-order chi connectivity index (χ1) is 7.29. The van der Waals surface area contributed by atoms with Crippen LogP contribution in [0.15, 0.2) is 24.3 Å². The Bertz CT molecular complexity index is 324. The zero-order valence-corrected chi connectivity index (χ0v) is 9.24. The van der Waals surface area contributed by atoms with Gasteiger partial charge in [0, 0.05) is 12.1 Å². The summed E-state index contributed by atoms with van der Waals surface area (Å²) in [5.74, 6) is 0. The number of hydrogen-bond acceptors (Lipinski definition) is 2. The van der Waals surface area contributed by atoms with Gasteiger partial charge in [0.2, 0.25) is 0 Å². The monoisotopic (exact) mass is 205 g/mol. The van der Waals surface area contributed by atoms with Crippen molar-refractivity contribution >= 4 is 0 Å². The number of rotatable bonds is 3. The molecule has 1 aromatic carbocycles. The third kappa shape index (κ3) is 2.58. The Morgan fingerprint density at radius 2 is 2.13 bits per heavy atom. The molecule has 0 saturated heterocycles. The van der Waals surface area contributed by atoms with Crippen LogP contribution in [0.25, 0.3) is 0 Å². The number of fused-ring (bicyclic) bond motifs is 1. The molecule has 0 spiro atoms. The molecule has 0 amide bonds. The van der Waals surface area contributed by atoms with Gasteiger partial charge in [-0.2, -0.15) is 0 Å². The number of aryl methyl sites for hydroxylation is 1. The Hall–Kier alpha value is -0.860. The Morgan fingerprint density at radius 3 is 2.87 bits per heavy atom. The van der Waals surface area contributed by atoms with Gasteiger partial charge in [0.15, 0.2) is 0 Å². The molecule has 0 aromatic heterocycles. The molecule has 1 aliphatic rings. The van der Waals surface area contributed by atoms with Gasteiger partial charge in [0.25, 0.3) is 0 Å². The molecule has 2 rings (SSSR count). The molecule has 1 aromatic rings. The fourth-order valence-corrected chi connectivity index (χ4v) is 2.30. The molecule has 0 unspecified atom stereocenters. The summed E-state index contributed by atoms with van der Waals surface area (Å²) in [5.41, 5.74) is 2.96. The van der Waals surface area contributed by atoms with Crippen molar-refractivity contribution in [2.75, 3.05) is 6.61 Å². The molecule has 0 aliphatic heterocycles. The Balaban J connectivity index is 1.99. The highest BCUT2D eigenvalue weighted by Gasteiger charge is 2.18. The summed E-state index contributed by atoms with van der Waals surface area (Å²) in [7, 11) is 0. The highest BCUT2D eigenvalue weighted by molar-refractivity contribution is 5.30. The van der Waals surface area contributed by atoms with E-state index in [2.05, 4.69) is 29.6 Å². The third-order valence-electron chi connectivity index (χ3n) is 3.14. The van der Waals surface area contributed by atoms with E-state index in [4.69, 9.17) is 5.11 Å². The van der Waals surface area contributed by atoms with Crippen LogP contribution < -0.4 is 5.32 Å². The molecule has 2 atom stereocenters. The predicted octanol–water partition coefficient (Wildman–Crippen LogP) is 1.51. The van der Waals surface area contributed by atoms with E-state index in [1.165, 1.54) is 17.5 Å². The summed E-state index contributed by atoms with van der Waals surface area (Å²) < 4.78 is 0. The third-order valence-corrected chi connectivity index (χ3v) is 3.14. The Labute approximate surface area is 91.3 Å². The van der Waals surface area contributed by atoms with Crippen LogP contribution in [-0.4, -0.2) is 23.8 Å². The van der Waals surface area contributed by atoms with Crippen LogP contribution >= 0.6 is 0 Å². The fraction of sp³-hybridized carbons (Fsp3) is 0.538. The van der Waals surface area contributed by atoms with E-state index < -0.39 is 0 Å². The molecule has 1 aliphatic carbocycles. The maximum Gasteiger partial charge on any atom is 0.0582 e. The molecule has 82 valence electrons. The molecule has 2 N–H and O–H groups in total. The summed E-state index contributed by atoms with van der Waals surface area (Å²) in [6.45, 7) is 2.25. The number of aliphatic hydroxyl groups excluding tert-OH is 1. The van der Waals surface area contributed by atoms with Crippen LogP contribution in [0.5, 0.6) is 0 Å². The van der Waals surface area contributed by atoms with Crippen molar-refractivity contribution in [1.29, 1.82) is 0 Å². The van der Waals surface area contributed by atoms with Crippen LogP contribution in [-0.2, 0) is 12.8 Å². The number of aliphatic hydroxyl groups is 1. The van der Waals surface area contributed by atoms with E-state index in [0.717, 1.165) is 12.8 Å². The first-order valence-corrected chi connectivity index (χ1v) is 5.73. The molecule has 0 bridgehead atoms. The second-order valence-electron chi connectivity index (χ2n) is 4.46. The minimum absolute atomic E-state index is 0.209. The van der Waals surface area contributed by atoms with Gasteiger partial charge >= 0.3 is 0 Å². The van der Waals surface area contributed by atoms with Crippen molar-refractivity contribution in [2.45, 2.75) is 38.3 Å². The van der Waals surface area contributed by atoms with E-state index in [1.807, 2.05) is 6.92 Å². The molecule has 0 heterocycles. The van der Waals surface area contributed by atoms with Crippen LogP contribution in [0, 0.1) is 0 Å². The largest absolute Gasteiger partial charge is 0.395 e. The van der Waals surface area contributed by atoms with E-state index in [1.54, 1.807) is 0 Å². The summed E-state index contributed by atoms with van der Waals surface area (Å²) in [6, 6.07) is 9.40. The Kier molecular flexibility index (Phi) is 3.39. The molecule has 0 radical (unpaired) electrons. The lowest BCUT2D eigenvalue weighted by Crippen LogP contribution is -2.41. The average molecular weight is 205 g/mol. The highest BCUT2D eigenvalue weighted by Crippen LogP contribution is 2.21. The van der Waals surface area contributed by atoms with Gasteiger partial charge in [0.1, 0.15) is 0 Å². The lowest BCUT2D eigenvalue weighted by molar-refractivity contribution is 0.236. The molecular formula is C13H19NO. The van der Waals surface area contributed by atoms with Crippen LogP contribution in [0.4, 0.5) is 0 Å². The van der Waals surface area contributed by atoms with Crippen LogP contribution in [0.3, 0.4) is 0 Å². The first kappa shape index (κ1) is 10.7. The maximum absolute atomic E-state index is 9.00. The van der Waals surface area contributed by atoms with Crippen molar-refractivity contribution in [1.82, 2.24) is 5.32 Å². The van der Waals surface area contributed by atoms with Gasteiger partial charge in [-0.1, -0.05) is 24.3 Å². The van der Waals surface area contributed by atoms with Gasteiger partial charge in [-0.15, -0.1) is 0 Å². The average Bonchev–Trinajstić information content (AvgIpc) is 2.29. The molecule has 2 nitrogen and oxygen atoms in total. The summed E-state index contributed by atoms with van der Waals surface area (Å²) in [5, 5.41) is 12.5. The smallest absolute Gasteiger partial charge is 0.0582 e. The minimum atomic E-state index is 0.209. The zero-order chi connectivity index (χ0) is 10.7. The van der Waals surface area contributed by atoms with Gasteiger partial charge < -0.3 is 10.4 Å². The van der Waals surface area contributed by atoms with E-state index in [0.29, 0.717) is 6.04 Å². The summed E-state index contributed by atoms with van der Waals surface area (Å²) >= 11 is 0. The minimum Gasteiger partial charge on any atom is -0.395 e. The lowest BCUT2D eigenvalue weighted by Gasteiger charge is -2.27. The molecular weight excluding hydrogens is 186 g/mol. The molecule has 15 heavy (non-hydrogen) atoms. The maximum atomic E-state index is 9.00. The summed E-state index contributed by atoms with van der Waals surface area (Å²) in [6.07, 6.45) is 3.44. The van der Waals surface area contributed by atoms with Gasteiger partial charge in [-0.25, -0.2) is 0 Å². The van der Waals surface area contributed by atoms with Crippen LogP contribution in [0.1, 0.15) is 24.5 Å². The predicted molar refractivity (Wildman–Crippen MR) is 61.9 cm³/mol. The molecule has 0 saturated carbocycles. The van der Waals surface area contributed by atoms with Crippen molar-refractivity contribution < 1.29 is 5.11 Å². The number of hydrogen-bond donors (Lipinski definition) is 2. The quantitative estimate of drug-likeness (QED) is 0.784. The first-order valence-electron chi connectivity index (χ1n) is 5.73. The zero-order valence-electron chi connectivity index (χ0n) is 9.24. The van der Waals surface area contributed by atoms with Gasteiger partial charge in [-0.05, 0) is 37.3 Å². The second-order valence-corrected chi connectivity index (χ2v) is 4.46. The van der Waals surface area contributed by atoms with Crippen molar-refractivity contribution in [3.63, 3.8) is 0 Å². The van der Waals surface area contributed by atoms with Crippen LogP contribution in [0.2, 0.25) is 0 Å². The Morgan fingerprint density at radius 1 is 1.40 bits per heavy atom. The van der Waals surface area contributed by atoms with Gasteiger partial charge in [-0.3, -0.25) is 0 Å². The van der Waals surface area contributed by atoms with Gasteiger partial charge in [0.05, 0.1) is 6.61 Å². The van der Waals surface area contributed by atoms with Crippen molar-refractivity contribution in [3.8, 4) is 0 Å². The summed E-state index contributed by atoms with van der Waals surface area (Å²) in [4.78, 5) is 0. The van der Waals surface area contributed by atoms with E-state index >= 15 is 0 Å². The SMILES string of the molecule is C[C@H](CO)N[C@H]1CCc2ccccc2C1. The molecule has 2 heteroatoms. The van der Waals surface area contributed by atoms with E-state index in [-0.39, 0.29) is 12.6 Å². The standard InChI is InChI=1S/C13H19NO/c1-10(9-15)14-13-7-6-11-4-2-3-5-12(11)8-13/h2-5,10,13-15H,6-9H2,1H3/t10-,13+/m1/s1. The normalized spacial score (nSPS) is 22.1. The van der Waals surface area contributed by atoms with E-state index in [9.17, 15) is 0 Å². The van der Waals surface area contributed by atoms with Crippen molar-refractivity contribution in [2.24, 2.45) is 0 Å². The second kappa shape index (κ2) is 4.77. The number of benzene rings is 1. The highest BCUT2D eigenvalue weighted by atomic mass is 16.3. The van der Waals surface area contributed by atoms with Crippen molar-refractivity contribution in [3.05, 3.63) is 35.4 Å². The molecule has 0 fully saturated rings. The lowest BCUT2D eigenvalue weighted by atomic mass is 9.88. The topological polar surface area (TPSA) is 32.3 Å².